The second-order valence-electron chi connectivity index (χ2n) is 7.20. The number of carbonyl (C=O) groups excluding carboxylic acids is 1. The van der Waals surface area contributed by atoms with E-state index in [2.05, 4.69) is 11.4 Å². The summed E-state index contributed by atoms with van der Waals surface area (Å²) in [7, 11) is -3.49. The van der Waals surface area contributed by atoms with Crippen LogP contribution >= 0.6 is 0 Å². The van der Waals surface area contributed by atoms with Gasteiger partial charge in [0, 0.05) is 25.6 Å². The maximum Gasteiger partial charge on any atom is 0.243 e. The van der Waals surface area contributed by atoms with E-state index in [9.17, 15) is 13.2 Å². The molecule has 0 radical (unpaired) electrons. The van der Waals surface area contributed by atoms with Crippen LogP contribution in [-0.4, -0.2) is 31.7 Å². The van der Waals surface area contributed by atoms with Crippen molar-refractivity contribution in [3.05, 3.63) is 65.2 Å². The minimum Gasteiger partial charge on any atom is -0.352 e. The van der Waals surface area contributed by atoms with Crippen molar-refractivity contribution < 1.29 is 13.2 Å². The third-order valence-corrected chi connectivity index (χ3v) is 6.90. The van der Waals surface area contributed by atoms with E-state index in [0.717, 1.165) is 16.7 Å². The lowest BCUT2D eigenvalue weighted by atomic mass is 9.97. The number of hydrogen-bond acceptors (Lipinski definition) is 3. The Bertz CT molecular complexity index is 917. The van der Waals surface area contributed by atoms with Gasteiger partial charge in [0.05, 0.1) is 4.90 Å². The van der Waals surface area contributed by atoms with Crippen molar-refractivity contribution >= 4 is 15.9 Å². The third kappa shape index (κ3) is 4.76. The van der Waals surface area contributed by atoms with E-state index < -0.39 is 10.0 Å². The highest BCUT2D eigenvalue weighted by Crippen LogP contribution is 2.24. The highest BCUT2D eigenvalue weighted by Gasteiger charge is 2.32. The molecule has 5 nitrogen and oxygen atoms in total. The van der Waals surface area contributed by atoms with Crippen LogP contribution in [0, 0.1) is 19.8 Å². The molecule has 0 aromatic heterocycles. The predicted octanol–water partition coefficient (Wildman–Crippen LogP) is 3.02. The van der Waals surface area contributed by atoms with Crippen molar-refractivity contribution in [3.63, 3.8) is 0 Å². The normalized spacial score (nSPS) is 16.2. The molecule has 144 valence electrons. The Balaban J connectivity index is 1.56. The van der Waals surface area contributed by atoms with Crippen LogP contribution in [0.25, 0.3) is 0 Å². The van der Waals surface area contributed by atoms with Gasteiger partial charge in [-0.3, -0.25) is 4.79 Å². The first-order chi connectivity index (χ1) is 12.9. The number of sulfonamides is 1. The molecule has 2 aromatic rings. The fourth-order valence-electron chi connectivity index (χ4n) is 3.44. The minimum absolute atomic E-state index is 0.00381. The van der Waals surface area contributed by atoms with Crippen molar-refractivity contribution in [2.45, 2.75) is 38.1 Å². The largest absolute Gasteiger partial charge is 0.352 e. The smallest absolute Gasteiger partial charge is 0.243 e. The molecule has 0 spiro atoms. The molecule has 0 aliphatic carbocycles. The van der Waals surface area contributed by atoms with Gasteiger partial charge in [-0.05, 0) is 49.9 Å². The Morgan fingerprint density at radius 3 is 2.30 bits per heavy atom. The van der Waals surface area contributed by atoms with Gasteiger partial charge in [0.1, 0.15) is 0 Å². The van der Waals surface area contributed by atoms with Crippen LogP contribution in [0.4, 0.5) is 0 Å². The quantitative estimate of drug-likeness (QED) is 0.859. The van der Waals surface area contributed by atoms with E-state index in [-0.39, 0.29) is 11.8 Å². The number of nitrogens with zero attached hydrogens (tertiary/aromatic N) is 1. The summed E-state index contributed by atoms with van der Waals surface area (Å²) in [5.41, 5.74) is 3.15. The van der Waals surface area contributed by atoms with Gasteiger partial charge in [-0.25, -0.2) is 8.42 Å². The van der Waals surface area contributed by atoms with Crippen LogP contribution in [0.3, 0.4) is 0 Å². The minimum atomic E-state index is -3.49. The number of piperidine rings is 1. The average Bonchev–Trinajstić information content (AvgIpc) is 2.66. The first kappa shape index (κ1) is 19.6. The van der Waals surface area contributed by atoms with Crippen molar-refractivity contribution in [2.24, 2.45) is 5.92 Å². The summed E-state index contributed by atoms with van der Waals surface area (Å²) in [5, 5.41) is 2.98. The zero-order valence-corrected chi connectivity index (χ0v) is 16.6. The van der Waals surface area contributed by atoms with Gasteiger partial charge in [0.25, 0.3) is 0 Å². The summed E-state index contributed by atoms with van der Waals surface area (Å²) in [6.45, 7) is 5.15. The molecule has 0 saturated carbocycles. The Hall–Kier alpha value is -2.18. The first-order valence-electron chi connectivity index (χ1n) is 9.26. The number of rotatable bonds is 5. The summed E-state index contributed by atoms with van der Waals surface area (Å²) in [5.74, 6) is -0.136. The molecule has 1 heterocycles. The van der Waals surface area contributed by atoms with E-state index in [0.29, 0.717) is 37.4 Å². The van der Waals surface area contributed by atoms with E-state index in [1.165, 1.54) is 4.31 Å². The van der Waals surface area contributed by atoms with Crippen LogP contribution in [0.15, 0.2) is 53.4 Å². The summed E-state index contributed by atoms with van der Waals surface area (Å²) >= 11 is 0. The predicted molar refractivity (Wildman–Crippen MR) is 106 cm³/mol. The van der Waals surface area contributed by atoms with Crippen LogP contribution in [-0.2, 0) is 21.4 Å². The molecule has 0 unspecified atom stereocenters. The number of amides is 1. The summed E-state index contributed by atoms with van der Waals surface area (Å²) in [4.78, 5) is 12.8. The van der Waals surface area contributed by atoms with Gasteiger partial charge in [-0.1, -0.05) is 42.0 Å². The van der Waals surface area contributed by atoms with Gasteiger partial charge in [0.2, 0.25) is 15.9 Å². The zero-order valence-electron chi connectivity index (χ0n) is 15.8. The molecule has 1 N–H and O–H groups in total. The molecular weight excluding hydrogens is 360 g/mol. The molecule has 27 heavy (non-hydrogen) atoms. The molecule has 0 atom stereocenters. The van der Waals surface area contributed by atoms with Gasteiger partial charge in [0.15, 0.2) is 0 Å². The molecular formula is C21H26N2O3S. The Labute approximate surface area is 161 Å². The maximum absolute atomic E-state index is 12.8. The third-order valence-electron chi connectivity index (χ3n) is 5.00. The summed E-state index contributed by atoms with van der Waals surface area (Å²) < 4.78 is 27.1. The number of carbonyl (C=O) groups is 1. The Morgan fingerprint density at radius 2 is 1.67 bits per heavy atom. The number of nitrogens with one attached hydrogen (secondary N) is 1. The standard InChI is InChI=1S/C21H26N2O3S/c1-16-5-3-7-18(13-16)15-22-21(24)19-9-11-23(12-10-19)27(25,26)20-8-4-6-17(2)14-20/h3-8,13-14,19H,9-12,15H2,1-2H3,(H,22,24). The summed E-state index contributed by atoms with van der Waals surface area (Å²) in [6, 6.07) is 15.0. The topological polar surface area (TPSA) is 66.5 Å². The van der Waals surface area contributed by atoms with E-state index >= 15 is 0 Å². The SMILES string of the molecule is Cc1cccc(CNC(=O)C2CCN(S(=O)(=O)c3cccc(C)c3)CC2)c1. The molecule has 1 aliphatic heterocycles. The van der Waals surface area contributed by atoms with Gasteiger partial charge >= 0.3 is 0 Å². The van der Waals surface area contributed by atoms with Crippen LogP contribution in [0.1, 0.15) is 29.5 Å². The maximum atomic E-state index is 12.8. The lowest BCUT2D eigenvalue weighted by Gasteiger charge is -2.30. The second kappa shape index (κ2) is 8.23. The molecule has 1 aliphatic rings. The van der Waals surface area contributed by atoms with Gasteiger partial charge in [-0.2, -0.15) is 4.31 Å². The fraction of sp³-hybridized carbons (Fsp3) is 0.381. The van der Waals surface area contributed by atoms with Crippen molar-refractivity contribution in [2.75, 3.05) is 13.1 Å². The number of aryl methyl sites for hydroxylation is 2. The zero-order chi connectivity index (χ0) is 19.4. The van der Waals surface area contributed by atoms with Gasteiger partial charge in [-0.15, -0.1) is 0 Å². The highest BCUT2D eigenvalue weighted by atomic mass is 32.2. The number of benzene rings is 2. The van der Waals surface area contributed by atoms with Crippen molar-refractivity contribution in [3.8, 4) is 0 Å². The molecule has 2 aromatic carbocycles. The highest BCUT2D eigenvalue weighted by molar-refractivity contribution is 7.89. The second-order valence-corrected chi connectivity index (χ2v) is 9.14. The van der Waals surface area contributed by atoms with E-state index in [1.807, 2.05) is 38.1 Å². The summed E-state index contributed by atoms with van der Waals surface area (Å²) in [6.07, 6.45) is 1.09. The fourth-order valence-corrected chi connectivity index (χ4v) is 5.01. The van der Waals surface area contributed by atoms with Crippen LogP contribution in [0.2, 0.25) is 0 Å². The molecule has 1 saturated heterocycles. The van der Waals surface area contributed by atoms with Crippen molar-refractivity contribution in [1.29, 1.82) is 0 Å². The van der Waals surface area contributed by atoms with Gasteiger partial charge < -0.3 is 5.32 Å². The van der Waals surface area contributed by atoms with Crippen LogP contribution in [0.5, 0.6) is 0 Å². The van der Waals surface area contributed by atoms with E-state index in [1.54, 1.807) is 18.2 Å². The molecule has 1 amide bonds. The lowest BCUT2D eigenvalue weighted by Crippen LogP contribution is -2.42. The average molecular weight is 387 g/mol. The lowest BCUT2D eigenvalue weighted by molar-refractivity contribution is -0.126. The molecule has 1 fully saturated rings. The molecule has 0 bridgehead atoms. The number of hydrogen-bond donors (Lipinski definition) is 1. The Morgan fingerprint density at radius 1 is 1.04 bits per heavy atom. The first-order valence-corrected chi connectivity index (χ1v) is 10.7. The Kier molecular flexibility index (Phi) is 5.97. The molecule has 3 rings (SSSR count). The monoisotopic (exact) mass is 386 g/mol. The molecule has 6 heteroatoms. The van der Waals surface area contributed by atoms with E-state index in [4.69, 9.17) is 0 Å². The van der Waals surface area contributed by atoms with Crippen LogP contribution < -0.4 is 5.32 Å². The van der Waals surface area contributed by atoms with Crippen molar-refractivity contribution in [1.82, 2.24) is 9.62 Å².